The van der Waals surface area contributed by atoms with Gasteiger partial charge in [-0.15, -0.1) is 0 Å². The number of carbonyl (C=O) groups is 3. The molecule has 0 saturated carbocycles. The smallest absolute Gasteiger partial charge is 0.472 e. The van der Waals surface area contributed by atoms with Crippen molar-refractivity contribution in [3.8, 4) is 0 Å². The molecular formula is C38H68NO10P. The van der Waals surface area contributed by atoms with Crippen LogP contribution in [0.4, 0.5) is 0 Å². The molecule has 1 amide bonds. The highest BCUT2D eigenvalue weighted by Crippen LogP contribution is 2.43. The van der Waals surface area contributed by atoms with Gasteiger partial charge in [0.25, 0.3) is 0 Å². The molecule has 50 heavy (non-hydrogen) atoms. The van der Waals surface area contributed by atoms with Crippen LogP contribution in [0.25, 0.3) is 0 Å². The van der Waals surface area contributed by atoms with Crippen molar-refractivity contribution in [2.75, 3.05) is 19.8 Å². The van der Waals surface area contributed by atoms with Gasteiger partial charge >= 0.3 is 19.8 Å². The van der Waals surface area contributed by atoms with Gasteiger partial charge in [0.2, 0.25) is 5.91 Å². The predicted octanol–water partition coefficient (Wildman–Crippen LogP) is 8.88. The van der Waals surface area contributed by atoms with Crippen LogP contribution in [0, 0.1) is 0 Å². The molecule has 0 bridgehead atoms. The van der Waals surface area contributed by atoms with Crippen molar-refractivity contribution in [2.45, 2.75) is 167 Å². The van der Waals surface area contributed by atoms with Crippen molar-refractivity contribution in [1.29, 1.82) is 0 Å². The molecule has 290 valence electrons. The molecule has 0 aliphatic carbocycles. The van der Waals surface area contributed by atoms with Crippen LogP contribution in [0.3, 0.4) is 0 Å². The number of carboxylic acid groups (broad SMARTS) is 1. The molecule has 4 N–H and O–H groups in total. The molecule has 0 rings (SSSR count). The van der Waals surface area contributed by atoms with Crippen LogP contribution in [0.1, 0.15) is 155 Å². The Balaban J connectivity index is 4.00. The summed E-state index contributed by atoms with van der Waals surface area (Å²) in [6, 6.07) is -1.55. The van der Waals surface area contributed by atoms with E-state index in [0.717, 1.165) is 70.6 Å². The maximum atomic E-state index is 12.2. The Morgan fingerprint density at radius 1 is 0.660 bits per heavy atom. The molecular weight excluding hydrogens is 661 g/mol. The van der Waals surface area contributed by atoms with Crippen LogP contribution in [-0.2, 0) is 32.7 Å². The number of aliphatic hydroxyl groups is 1. The highest BCUT2D eigenvalue weighted by atomic mass is 31.2. The Labute approximate surface area is 301 Å². The summed E-state index contributed by atoms with van der Waals surface area (Å²) in [5, 5.41) is 21.7. The number of hydrogen-bond donors (Lipinski definition) is 4. The van der Waals surface area contributed by atoms with E-state index in [2.05, 4.69) is 55.6 Å². The molecule has 0 radical (unpaired) electrons. The summed E-state index contributed by atoms with van der Waals surface area (Å²) in [4.78, 5) is 45.7. The number of carboxylic acids is 1. The van der Waals surface area contributed by atoms with E-state index < -0.39 is 57.6 Å². The number of unbranched alkanes of at least 4 members (excludes halogenated alkanes) is 15. The lowest BCUT2D eigenvalue weighted by molar-refractivity contribution is -0.147. The quantitative estimate of drug-likeness (QED) is 0.0214. The molecule has 0 aliphatic heterocycles. The van der Waals surface area contributed by atoms with E-state index in [9.17, 15) is 34.1 Å². The van der Waals surface area contributed by atoms with E-state index in [1.54, 1.807) is 0 Å². The molecule has 0 aromatic carbocycles. The van der Waals surface area contributed by atoms with Crippen LogP contribution < -0.4 is 5.32 Å². The topological polar surface area (TPSA) is 169 Å². The Kier molecular flexibility index (Phi) is 32.3. The van der Waals surface area contributed by atoms with E-state index in [1.165, 1.54) is 44.9 Å². The van der Waals surface area contributed by atoms with Crippen molar-refractivity contribution >= 4 is 25.7 Å². The lowest BCUT2D eigenvalue weighted by Gasteiger charge is -2.18. The van der Waals surface area contributed by atoms with E-state index in [0.29, 0.717) is 12.8 Å². The third kappa shape index (κ3) is 32.9. The van der Waals surface area contributed by atoms with Gasteiger partial charge in [-0.3, -0.25) is 18.6 Å². The molecule has 0 aromatic heterocycles. The first-order chi connectivity index (χ1) is 24.1. The number of aliphatic carboxylic acids is 1. The zero-order valence-corrected chi connectivity index (χ0v) is 31.8. The SMILES string of the molecule is CC/C=C\C/C=C\C/C=C\CCCCCCCC(=O)NC(COP(=O)(O)OCC(O)COC(=O)CCCCCCCCCCCCC)C(=O)O. The zero-order valence-electron chi connectivity index (χ0n) is 30.9. The number of carbonyl (C=O) groups excluding carboxylic acids is 2. The molecule has 3 atom stereocenters. The summed E-state index contributed by atoms with van der Waals surface area (Å²) in [5.74, 6) is -2.40. The lowest BCUT2D eigenvalue weighted by atomic mass is 10.1. The molecule has 0 aromatic rings. The number of allylic oxidation sites excluding steroid dienone is 6. The maximum absolute atomic E-state index is 12.2. The minimum absolute atomic E-state index is 0.126. The van der Waals surface area contributed by atoms with E-state index in [-0.39, 0.29) is 12.8 Å². The lowest BCUT2D eigenvalue weighted by Crippen LogP contribution is -2.43. The van der Waals surface area contributed by atoms with Crippen molar-refractivity contribution in [1.82, 2.24) is 5.32 Å². The molecule has 0 aliphatic rings. The number of nitrogens with one attached hydrogen (secondary N) is 1. The molecule has 0 spiro atoms. The normalized spacial score (nSPS) is 14.3. The van der Waals surface area contributed by atoms with Gasteiger partial charge in [0.15, 0.2) is 6.04 Å². The summed E-state index contributed by atoms with van der Waals surface area (Å²) < 4.78 is 26.7. The number of phosphoric acid groups is 1. The number of aliphatic hydroxyl groups excluding tert-OH is 1. The van der Waals surface area contributed by atoms with Gasteiger partial charge in [-0.1, -0.05) is 134 Å². The van der Waals surface area contributed by atoms with Gasteiger partial charge in [0.1, 0.15) is 12.7 Å². The van der Waals surface area contributed by atoms with E-state index >= 15 is 0 Å². The average Bonchev–Trinajstić information content (AvgIpc) is 3.08. The molecule has 11 nitrogen and oxygen atoms in total. The summed E-state index contributed by atoms with van der Waals surface area (Å²) in [6.45, 7) is 2.43. The Morgan fingerprint density at radius 2 is 1.16 bits per heavy atom. The maximum Gasteiger partial charge on any atom is 0.472 e. The minimum atomic E-state index is -4.75. The number of rotatable bonds is 35. The number of phosphoric ester groups is 1. The second kappa shape index (κ2) is 33.8. The average molecular weight is 730 g/mol. The highest BCUT2D eigenvalue weighted by Gasteiger charge is 2.28. The third-order valence-corrected chi connectivity index (χ3v) is 8.89. The number of amides is 1. The van der Waals surface area contributed by atoms with Crippen molar-refractivity contribution in [3.05, 3.63) is 36.5 Å². The van der Waals surface area contributed by atoms with Crippen LogP contribution >= 0.6 is 7.82 Å². The van der Waals surface area contributed by atoms with Crippen LogP contribution in [-0.4, -0.2) is 64.9 Å². The highest BCUT2D eigenvalue weighted by molar-refractivity contribution is 7.47. The van der Waals surface area contributed by atoms with Gasteiger partial charge in [-0.25, -0.2) is 9.36 Å². The van der Waals surface area contributed by atoms with Gasteiger partial charge in [0, 0.05) is 12.8 Å². The Bertz CT molecular complexity index is 1000. The first-order valence-corrected chi connectivity index (χ1v) is 20.5. The van der Waals surface area contributed by atoms with Gasteiger partial charge < -0.3 is 25.2 Å². The Hall–Kier alpha value is -2.30. The second-order valence-electron chi connectivity index (χ2n) is 12.7. The number of esters is 1. The molecule has 0 heterocycles. The summed E-state index contributed by atoms with van der Waals surface area (Å²) >= 11 is 0. The van der Waals surface area contributed by atoms with Crippen LogP contribution in [0.15, 0.2) is 36.5 Å². The monoisotopic (exact) mass is 729 g/mol. The molecule has 3 unspecified atom stereocenters. The third-order valence-electron chi connectivity index (χ3n) is 7.94. The first-order valence-electron chi connectivity index (χ1n) is 19.0. The molecule has 0 fully saturated rings. The Morgan fingerprint density at radius 3 is 1.74 bits per heavy atom. The first kappa shape index (κ1) is 47.7. The van der Waals surface area contributed by atoms with Crippen molar-refractivity contribution < 1.29 is 47.8 Å². The number of hydrogen-bond acceptors (Lipinski definition) is 8. The second-order valence-corrected chi connectivity index (χ2v) is 14.2. The molecule has 12 heteroatoms. The summed E-state index contributed by atoms with van der Waals surface area (Å²) in [6.07, 6.45) is 33.2. The zero-order chi connectivity index (χ0) is 37.1. The minimum Gasteiger partial charge on any atom is -0.480 e. The summed E-state index contributed by atoms with van der Waals surface area (Å²) in [7, 11) is -4.75. The standard InChI is InChI=1S/C38H68NO10P/c1-3-5-7-9-11-13-15-16-17-18-20-21-23-25-27-29-36(41)39-35(38(43)44)33-49-50(45,46)48-32-34(40)31-47-37(42)30-28-26-24-22-19-14-12-10-8-6-4-2/h5,7,11,13,16-17,34-35,40H,3-4,6,8-10,12,14-15,18-33H2,1-2H3,(H,39,41)(H,43,44)(H,45,46)/b7-5-,13-11-,17-16-. The fourth-order valence-electron chi connectivity index (χ4n) is 4.98. The number of ether oxygens (including phenoxy) is 1. The van der Waals surface area contributed by atoms with E-state index in [1.807, 2.05) is 0 Å². The fourth-order valence-corrected chi connectivity index (χ4v) is 5.75. The van der Waals surface area contributed by atoms with Crippen molar-refractivity contribution in [2.24, 2.45) is 0 Å². The van der Waals surface area contributed by atoms with E-state index in [4.69, 9.17) is 13.8 Å². The van der Waals surface area contributed by atoms with Crippen LogP contribution in [0.2, 0.25) is 0 Å². The van der Waals surface area contributed by atoms with Crippen LogP contribution in [0.5, 0.6) is 0 Å². The van der Waals surface area contributed by atoms with Gasteiger partial charge in [-0.2, -0.15) is 0 Å². The van der Waals surface area contributed by atoms with Gasteiger partial charge in [0.05, 0.1) is 13.2 Å². The molecule has 0 saturated heterocycles. The summed E-state index contributed by atoms with van der Waals surface area (Å²) in [5.41, 5.74) is 0. The van der Waals surface area contributed by atoms with Crippen molar-refractivity contribution in [3.63, 3.8) is 0 Å². The fraction of sp³-hybridized carbons (Fsp3) is 0.763. The predicted molar refractivity (Wildman–Crippen MR) is 199 cm³/mol. The largest absolute Gasteiger partial charge is 0.480 e. The van der Waals surface area contributed by atoms with Gasteiger partial charge in [-0.05, 0) is 44.9 Å².